The SMILES string of the molecule is CCOc1ccc(C(=O)NC(C(=O)O)C2CC2)cc1[N+](=O)[O-]. The summed E-state index contributed by atoms with van der Waals surface area (Å²) in [6.45, 7) is 1.95. The summed E-state index contributed by atoms with van der Waals surface area (Å²) in [6.07, 6.45) is 1.50. The molecule has 2 rings (SSSR count). The number of carboxylic acid groups (broad SMARTS) is 1. The van der Waals surface area contributed by atoms with Gasteiger partial charge in [0.2, 0.25) is 0 Å². The van der Waals surface area contributed by atoms with E-state index in [1.54, 1.807) is 6.92 Å². The van der Waals surface area contributed by atoms with Gasteiger partial charge in [-0.2, -0.15) is 0 Å². The van der Waals surface area contributed by atoms with Gasteiger partial charge in [-0.25, -0.2) is 4.79 Å². The number of ether oxygens (including phenoxy) is 1. The normalized spacial score (nSPS) is 15.0. The van der Waals surface area contributed by atoms with Crippen molar-refractivity contribution in [3.05, 3.63) is 33.9 Å². The third-order valence-electron chi connectivity index (χ3n) is 3.36. The van der Waals surface area contributed by atoms with Crippen LogP contribution in [0.3, 0.4) is 0 Å². The lowest BCUT2D eigenvalue weighted by Crippen LogP contribution is -2.42. The number of benzene rings is 1. The quantitative estimate of drug-likeness (QED) is 0.583. The van der Waals surface area contributed by atoms with Crippen LogP contribution >= 0.6 is 0 Å². The number of carbonyl (C=O) groups excluding carboxylic acids is 1. The highest BCUT2D eigenvalue weighted by atomic mass is 16.6. The zero-order valence-electron chi connectivity index (χ0n) is 11.9. The van der Waals surface area contributed by atoms with Crippen molar-refractivity contribution in [1.82, 2.24) is 5.32 Å². The average molecular weight is 308 g/mol. The van der Waals surface area contributed by atoms with Crippen LogP contribution in [-0.4, -0.2) is 34.6 Å². The summed E-state index contributed by atoms with van der Waals surface area (Å²) in [6, 6.07) is 2.84. The molecule has 1 unspecified atom stereocenters. The van der Waals surface area contributed by atoms with Crippen molar-refractivity contribution in [1.29, 1.82) is 0 Å². The van der Waals surface area contributed by atoms with Crippen LogP contribution in [-0.2, 0) is 4.79 Å². The van der Waals surface area contributed by atoms with Crippen molar-refractivity contribution in [2.45, 2.75) is 25.8 Å². The Bertz CT molecular complexity index is 611. The molecule has 0 aromatic heterocycles. The number of carboxylic acids is 1. The monoisotopic (exact) mass is 308 g/mol. The van der Waals surface area contributed by atoms with Crippen molar-refractivity contribution < 1.29 is 24.4 Å². The third kappa shape index (κ3) is 3.51. The first-order chi connectivity index (χ1) is 10.4. The Morgan fingerprint density at radius 1 is 1.50 bits per heavy atom. The first-order valence-corrected chi connectivity index (χ1v) is 6.89. The van der Waals surface area contributed by atoms with Gasteiger partial charge in [-0.1, -0.05) is 0 Å². The number of aliphatic carboxylic acids is 1. The zero-order chi connectivity index (χ0) is 16.3. The van der Waals surface area contributed by atoms with Gasteiger partial charge < -0.3 is 15.2 Å². The largest absolute Gasteiger partial charge is 0.487 e. The van der Waals surface area contributed by atoms with Crippen LogP contribution in [0.25, 0.3) is 0 Å². The molecule has 8 nitrogen and oxygen atoms in total. The van der Waals surface area contributed by atoms with Gasteiger partial charge in [-0.05, 0) is 37.8 Å². The van der Waals surface area contributed by atoms with Crippen LogP contribution in [0, 0.1) is 16.0 Å². The van der Waals surface area contributed by atoms with Crippen molar-refractivity contribution in [3.63, 3.8) is 0 Å². The Hall–Kier alpha value is -2.64. The highest BCUT2D eigenvalue weighted by Gasteiger charge is 2.37. The van der Waals surface area contributed by atoms with Crippen LogP contribution in [0.4, 0.5) is 5.69 Å². The first-order valence-electron chi connectivity index (χ1n) is 6.89. The van der Waals surface area contributed by atoms with E-state index in [9.17, 15) is 19.7 Å². The summed E-state index contributed by atoms with van der Waals surface area (Å²) < 4.78 is 5.13. The summed E-state index contributed by atoms with van der Waals surface area (Å²) in [4.78, 5) is 33.6. The maximum atomic E-state index is 12.1. The molecule has 2 N–H and O–H groups in total. The van der Waals surface area contributed by atoms with Crippen LogP contribution in [0.1, 0.15) is 30.1 Å². The third-order valence-corrected chi connectivity index (χ3v) is 3.36. The highest BCUT2D eigenvalue weighted by Crippen LogP contribution is 2.33. The number of nitrogens with one attached hydrogen (secondary N) is 1. The molecule has 1 atom stereocenters. The Kier molecular flexibility index (Phi) is 4.59. The Labute approximate surface area is 126 Å². The minimum atomic E-state index is -1.10. The van der Waals surface area contributed by atoms with Crippen molar-refractivity contribution >= 4 is 17.6 Å². The molecule has 0 spiro atoms. The van der Waals surface area contributed by atoms with Gasteiger partial charge in [0.1, 0.15) is 6.04 Å². The number of amides is 1. The topological polar surface area (TPSA) is 119 Å². The van der Waals surface area contributed by atoms with Gasteiger partial charge in [-0.3, -0.25) is 14.9 Å². The number of nitrogens with zero attached hydrogens (tertiary/aromatic N) is 1. The van der Waals surface area contributed by atoms with Gasteiger partial charge in [0.15, 0.2) is 5.75 Å². The lowest BCUT2D eigenvalue weighted by Gasteiger charge is -2.13. The Morgan fingerprint density at radius 2 is 2.18 bits per heavy atom. The van der Waals surface area contributed by atoms with Crippen LogP contribution in [0.5, 0.6) is 5.75 Å². The second-order valence-corrected chi connectivity index (χ2v) is 5.00. The average Bonchev–Trinajstić information content (AvgIpc) is 3.29. The van der Waals surface area contributed by atoms with Gasteiger partial charge in [0, 0.05) is 11.6 Å². The fourth-order valence-corrected chi connectivity index (χ4v) is 2.11. The zero-order valence-corrected chi connectivity index (χ0v) is 11.9. The second-order valence-electron chi connectivity index (χ2n) is 5.00. The molecule has 118 valence electrons. The fourth-order valence-electron chi connectivity index (χ4n) is 2.11. The van der Waals surface area contributed by atoms with E-state index in [2.05, 4.69) is 5.32 Å². The molecular weight excluding hydrogens is 292 g/mol. The standard InChI is InChI=1S/C14H16N2O6/c1-2-22-11-6-5-9(7-10(11)16(20)21)13(17)15-12(14(18)19)8-3-4-8/h5-8,12H,2-4H2,1H3,(H,15,17)(H,18,19). The fraction of sp³-hybridized carbons (Fsp3) is 0.429. The van der Waals surface area contributed by atoms with Crippen molar-refractivity contribution in [2.75, 3.05) is 6.61 Å². The molecule has 1 aliphatic rings. The molecule has 1 fully saturated rings. The van der Waals surface area contributed by atoms with Gasteiger partial charge >= 0.3 is 11.7 Å². The molecule has 1 aliphatic carbocycles. The van der Waals surface area contributed by atoms with Crippen LogP contribution in [0.15, 0.2) is 18.2 Å². The van der Waals surface area contributed by atoms with E-state index in [4.69, 9.17) is 9.84 Å². The van der Waals surface area contributed by atoms with Gasteiger partial charge in [0.25, 0.3) is 5.91 Å². The maximum absolute atomic E-state index is 12.1. The minimum absolute atomic E-state index is 0.0297. The smallest absolute Gasteiger partial charge is 0.326 e. The molecule has 0 bridgehead atoms. The number of hydrogen-bond acceptors (Lipinski definition) is 5. The number of nitro groups is 1. The molecule has 1 amide bonds. The Morgan fingerprint density at radius 3 is 2.68 bits per heavy atom. The molecule has 0 aliphatic heterocycles. The van der Waals surface area contributed by atoms with E-state index in [1.165, 1.54) is 12.1 Å². The predicted molar refractivity (Wildman–Crippen MR) is 75.9 cm³/mol. The van der Waals surface area contributed by atoms with Crippen molar-refractivity contribution in [3.8, 4) is 5.75 Å². The van der Waals surface area contributed by atoms with Crippen LogP contribution in [0.2, 0.25) is 0 Å². The van der Waals surface area contributed by atoms with Gasteiger partial charge in [-0.15, -0.1) is 0 Å². The van der Waals surface area contributed by atoms with Gasteiger partial charge in [0.05, 0.1) is 11.5 Å². The molecule has 22 heavy (non-hydrogen) atoms. The second kappa shape index (κ2) is 6.42. The lowest BCUT2D eigenvalue weighted by atomic mass is 10.1. The number of carbonyl (C=O) groups is 2. The summed E-state index contributed by atoms with van der Waals surface area (Å²) in [7, 11) is 0. The number of rotatable bonds is 7. The predicted octanol–water partition coefficient (Wildman–Crippen LogP) is 1.59. The van der Waals surface area contributed by atoms with Crippen LogP contribution < -0.4 is 10.1 Å². The van der Waals surface area contributed by atoms with E-state index in [0.29, 0.717) is 0 Å². The van der Waals surface area contributed by atoms with E-state index in [1.807, 2.05) is 0 Å². The molecule has 0 radical (unpaired) electrons. The molecule has 1 aromatic carbocycles. The molecular formula is C14H16N2O6. The molecule has 1 saturated carbocycles. The summed E-state index contributed by atoms with van der Waals surface area (Å²) in [5.74, 6) is -1.75. The number of hydrogen-bond donors (Lipinski definition) is 2. The van der Waals surface area contributed by atoms with Crippen molar-refractivity contribution in [2.24, 2.45) is 5.92 Å². The highest BCUT2D eigenvalue weighted by molar-refractivity contribution is 5.97. The summed E-state index contributed by atoms with van der Waals surface area (Å²) in [5.41, 5.74) is -0.296. The summed E-state index contributed by atoms with van der Waals surface area (Å²) in [5, 5.41) is 22.5. The lowest BCUT2D eigenvalue weighted by molar-refractivity contribution is -0.385. The van der Waals surface area contributed by atoms with E-state index in [0.717, 1.165) is 18.9 Å². The van der Waals surface area contributed by atoms with E-state index < -0.39 is 22.8 Å². The first kappa shape index (κ1) is 15.7. The molecule has 0 saturated heterocycles. The molecule has 0 heterocycles. The molecule has 8 heteroatoms. The maximum Gasteiger partial charge on any atom is 0.326 e. The molecule has 1 aromatic rings. The minimum Gasteiger partial charge on any atom is -0.487 e. The van der Waals surface area contributed by atoms with E-state index >= 15 is 0 Å². The van der Waals surface area contributed by atoms with E-state index in [-0.39, 0.29) is 29.5 Å². The summed E-state index contributed by atoms with van der Waals surface area (Å²) >= 11 is 0. The Balaban J connectivity index is 2.20. The number of nitro benzene ring substituents is 1.